The number of rotatable bonds is 5. The minimum Gasteiger partial charge on any atom is -0.368 e. The molecule has 1 aromatic carbocycles. The Bertz CT molecular complexity index is 1170. The van der Waals surface area contributed by atoms with Crippen molar-refractivity contribution < 1.29 is 4.79 Å². The molecule has 0 spiro atoms. The molecule has 1 fully saturated rings. The zero-order valence-electron chi connectivity index (χ0n) is 19.4. The number of aliphatic imine (C=N–C) groups is 1. The van der Waals surface area contributed by atoms with Crippen molar-refractivity contribution in [2.24, 2.45) is 16.8 Å². The summed E-state index contributed by atoms with van der Waals surface area (Å²) in [5, 5.41) is 0.940. The molecule has 3 heterocycles. The van der Waals surface area contributed by atoms with Crippen molar-refractivity contribution in [1.29, 1.82) is 0 Å². The highest BCUT2D eigenvalue weighted by atomic mass is 35.5. The van der Waals surface area contributed by atoms with Crippen LogP contribution in [0.15, 0.2) is 58.2 Å². The Morgan fingerprint density at radius 1 is 1.26 bits per heavy atom. The highest BCUT2D eigenvalue weighted by Crippen LogP contribution is 2.35. The molecule has 0 saturated carbocycles. The molecule has 1 amide bonds. The van der Waals surface area contributed by atoms with E-state index in [9.17, 15) is 4.79 Å². The van der Waals surface area contributed by atoms with Gasteiger partial charge in [0.2, 0.25) is 5.95 Å². The van der Waals surface area contributed by atoms with Crippen LogP contribution in [0.25, 0.3) is 0 Å². The Balaban J connectivity index is 1.58. The number of benzene rings is 1. The molecule has 0 radical (unpaired) electrons. The van der Waals surface area contributed by atoms with Crippen molar-refractivity contribution in [2.75, 3.05) is 28.6 Å². The van der Waals surface area contributed by atoms with Gasteiger partial charge < -0.3 is 10.6 Å². The molecule has 0 aliphatic carbocycles. The van der Waals surface area contributed by atoms with E-state index in [0.29, 0.717) is 27.4 Å². The third kappa shape index (κ3) is 4.81. The number of halogens is 2. The molecule has 4 rings (SSSR count). The minimum atomic E-state index is -0.144. The average Bonchev–Trinajstić information content (AvgIpc) is 2.89. The number of nitrogens with two attached hydrogens (primary N) is 1. The Labute approximate surface area is 210 Å². The second kappa shape index (κ2) is 10.2. The number of aromatic nitrogens is 2. The van der Waals surface area contributed by atoms with Gasteiger partial charge in [-0.25, -0.2) is 4.98 Å². The van der Waals surface area contributed by atoms with Gasteiger partial charge in [0, 0.05) is 29.6 Å². The quantitative estimate of drug-likeness (QED) is 0.594. The summed E-state index contributed by atoms with van der Waals surface area (Å²) in [6, 6.07) is 7.87. The normalized spacial score (nSPS) is 22.8. The summed E-state index contributed by atoms with van der Waals surface area (Å²) in [6.45, 7) is 7.45. The number of nitrogen functional groups attached to an aromatic ring is 1. The Morgan fingerprint density at radius 2 is 2.00 bits per heavy atom. The summed E-state index contributed by atoms with van der Waals surface area (Å²) in [6.07, 6.45) is 7.57. The Kier molecular flexibility index (Phi) is 7.24. The molecule has 2 atom stereocenters. The van der Waals surface area contributed by atoms with Crippen LogP contribution in [0.2, 0.25) is 5.02 Å². The Morgan fingerprint density at radius 3 is 2.74 bits per heavy atom. The third-order valence-corrected chi connectivity index (χ3v) is 6.97. The first kappa shape index (κ1) is 24.2. The van der Waals surface area contributed by atoms with E-state index in [2.05, 4.69) is 25.9 Å². The molecule has 7 nitrogen and oxygen atoms in total. The number of hydrogen-bond donors (Lipinski definition) is 1. The summed E-state index contributed by atoms with van der Waals surface area (Å²) in [5.41, 5.74) is 8.20. The molecular formula is C25H28Cl2N6O. The summed E-state index contributed by atoms with van der Waals surface area (Å²) in [7, 11) is 0. The number of para-hydroxylation sites is 1. The number of carbonyl (C=O) groups excluding carboxylic acids is 1. The monoisotopic (exact) mass is 498 g/mol. The van der Waals surface area contributed by atoms with Crippen molar-refractivity contribution >= 4 is 52.9 Å². The molecule has 2 unspecified atom stereocenters. The zero-order valence-corrected chi connectivity index (χ0v) is 21.0. The van der Waals surface area contributed by atoms with Crippen LogP contribution in [0.1, 0.15) is 26.3 Å². The summed E-state index contributed by atoms with van der Waals surface area (Å²) in [5.74, 6) is 0.998. The first-order valence-electron chi connectivity index (χ1n) is 11.3. The van der Waals surface area contributed by atoms with Gasteiger partial charge in [-0.3, -0.25) is 14.7 Å². The summed E-state index contributed by atoms with van der Waals surface area (Å²) >= 11 is 12.8. The lowest BCUT2D eigenvalue weighted by Crippen LogP contribution is -2.48. The minimum absolute atomic E-state index is 0.0691. The molecular weight excluding hydrogens is 471 g/mol. The lowest BCUT2D eigenvalue weighted by atomic mass is 9.90. The van der Waals surface area contributed by atoms with Gasteiger partial charge in [0.25, 0.3) is 5.91 Å². The topological polar surface area (TPSA) is 87.7 Å². The lowest BCUT2D eigenvalue weighted by Gasteiger charge is -2.41. The Hall–Kier alpha value is -2.90. The van der Waals surface area contributed by atoms with E-state index in [1.54, 1.807) is 17.3 Å². The number of hydrogen-bond acceptors (Lipinski definition) is 6. The van der Waals surface area contributed by atoms with E-state index < -0.39 is 0 Å². The molecule has 1 saturated heterocycles. The van der Waals surface area contributed by atoms with Crippen molar-refractivity contribution in [2.45, 2.75) is 33.2 Å². The van der Waals surface area contributed by atoms with E-state index in [1.807, 2.05) is 45.0 Å². The number of anilines is 3. The van der Waals surface area contributed by atoms with Crippen LogP contribution in [0.5, 0.6) is 0 Å². The summed E-state index contributed by atoms with van der Waals surface area (Å²) in [4.78, 5) is 30.2. The number of carbonyl (C=O) groups is 1. The SMILES string of the molecule is CC=CC(Cl)=C1C(=O)N(c2ccccc2CC2CN(c3nc(N)ncc3Cl)C2)C=NC(C)C1C. The van der Waals surface area contributed by atoms with E-state index >= 15 is 0 Å². The molecule has 0 bridgehead atoms. The molecule has 1 aromatic heterocycles. The van der Waals surface area contributed by atoms with Crippen molar-refractivity contribution in [1.82, 2.24) is 9.97 Å². The smallest absolute Gasteiger partial charge is 0.261 e. The van der Waals surface area contributed by atoms with Crippen LogP contribution in [0.4, 0.5) is 17.5 Å². The molecule has 2 N–H and O–H groups in total. The molecule has 178 valence electrons. The van der Waals surface area contributed by atoms with Crippen LogP contribution in [-0.2, 0) is 11.2 Å². The molecule has 9 heteroatoms. The predicted molar refractivity (Wildman–Crippen MR) is 140 cm³/mol. The fourth-order valence-electron chi connectivity index (χ4n) is 4.34. The summed E-state index contributed by atoms with van der Waals surface area (Å²) < 4.78 is 0. The second-order valence-electron chi connectivity index (χ2n) is 8.73. The fourth-order valence-corrected chi connectivity index (χ4v) is 4.93. The van der Waals surface area contributed by atoms with Crippen molar-refractivity contribution in [3.8, 4) is 0 Å². The lowest BCUT2D eigenvalue weighted by molar-refractivity contribution is -0.114. The first-order valence-corrected chi connectivity index (χ1v) is 12.1. The van der Waals surface area contributed by atoms with Gasteiger partial charge in [-0.15, -0.1) is 0 Å². The highest BCUT2D eigenvalue weighted by molar-refractivity contribution is 6.35. The van der Waals surface area contributed by atoms with Gasteiger partial charge in [0.15, 0.2) is 5.82 Å². The van der Waals surface area contributed by atoms with Gasteiger partial charge in [-0.05, 0) is 43.9 Å². The van der Waals surface area contributed by atoms with Crippen LogP contribution in [-0.4, -0.2) is 41.3 Å². The van der Waals surface area contributed by atoms with Gasteiger partial charge in [-0.1, -0.05) is 54.4 Å². The number of amides is 1. The third-order valence-electron chi connectivity index (χ3n) is 6.38. The van der Waals surface area contributed by atoms with Gasteiger partial charge in [-0.2, -0.15) is 4.98 Å². The van der Waals surface area contributed by atoms with Gasteiger partial charge in [0.1, 0.15) is 5.02 Å². The van der Waals surface area contributed by atoms with Crippen LogP contribution in [0.3, 0.4) is 0 Å². The maximum Gasteiger partial charge on any atom is 0.261 e. The van der Waals surface area contributed by atoms with E-state index in [-0.39, 0.29) is 23.8 Å². The van der Waals surface area contributed by atoms with Crippen molar-refractivity contribution in [3.63, 3.8) is 0 Å². The van der Waals surface area contributed by atoms with E-state index in [4.69, 9.17) is 28.9 Å². The largest absolute Gasteiger partial charge is 0.368 e. The molecule has 2 aliphatic heterocycles. The molecule has 2 aliphatic rings. The van der Waals surface area contributed by atoms with Crippen LogP contribution >= 0.6 is 23.2 Å². The number of nitrogens with zero attached hydrogens (tertiary/aromatic N) is 5. The average molecular weight is 499 g/mol. The standard InChI is InChI=1S/C25H28Cl2N6O/c1-4-7-19(26)22-15(2)16(3)30-14-33(24(22)34)21-9-6-5-8-18(21)10-17-12-32(13-17)23-20(27)11-29-25(28)31-23/h4-9,11,14-17H,10,12-13H2,1-3H3,(H2,28,29,31). The van der Waals surface area contributed by atoms with E-state index in [0.717, 1.165) is 30.8 Å². The zero-order chi connectivity index (χ0) is 24.4. The first-order chi connectivity index (χ1) is 16.3. The fraction of sp³-hybridized carbons (Fsp3) is 0.360. The van der Waals surface area contributed by atoms with Crippen LogP contribution < -0.4 is 15.5 Å². The maximum absolute atomic E-state index is 13.7. The highest BCUT2D eigenvalue weighted by Gasteiger charge is 2.34. The second-order valence-corrected chi connectivity index (χ2v) is 9.55. The van der Waals surface area contributed by atoms with Gasteiger partial charge in [0.05, 0.1) is 24.3 Å². The number of allylic oxidation sites excluding steroid dienone is 3. The molecule has 2 aromatic rings. The predicted octanol–water partition coefficient (Wildman–Crippen LogP) is 4.86. The van der Waals surface area contributed by atoms with Crippen LogP contribution in [0, 0.1) is 11.8 Å². The molecule has 34 heavy (non-hydrogen) atoms. The van der Waals surface area contributed by atoms with Crippen molar-refractivity contribution in [3.05, 3.63) is 63.8 Å². The van der Waals surface area contributed by atoms with Gasteiger partial charge >= 0.3 is 0 Å². The van der Waals surface area contributed by atoms with E-state index in [1.165, 1.54) is 6.20 Å². The maximum atomic E-state index is 13.7.